The van der Waals surface area contributed by atoms with Gasteiger partial charge in [0.15, 0.2) is 5.78 Å². The summed E-state index contributed by atoms with van der Waals surface area (Å²) in [5, 5.41) is 9.83. The van der Waals surface area contributed by atoms with Crippen LogP contribution in [0.3, 0.4) is 0 Å². The van der Waals surface area contributed by atoms with Crippen LogP contribution in [0.25, 0.3) is 54.9 Å². The minimum atomic E-state index is 0.0643. The first-order valence-electron chi connectivity index (χ1n) is 11.6. The van der Waals surface area contributed by atoms with E-state index in [1.165, 1.54) is 16.9 Å². The van der Waals surface area contributed by atoms with Gasteiger partial charge in [0.05, 0.1) is 26.7 Å². The molecule has 0 radical (unpaired) electrons. The number of Topliss-reactive ketones (excluding diaryl/α,β-unsaturated/α-hetero) is 1. The number of benzene rings is 1. The molecule has 0 unspecified atom stereocenters. The summed E-state index contributed by atoms with van der Waals surface area (Å²) in [6.07, 6.45) is 5.60. The average Bonchev–Trinajstić information content (AvgIpc) is 3.60. The summed E-state index contributed by atoms with van der Waals surface area (Å²) in [5.74, 6) is 0.0643. The molecule has 1 aromatic carbocycles. The number of rotatable bonds is 6. The van der Waals surface area contributed by atoms with Crippen LogP contribution in [0.4, 0.5) is 0 Å². The van der Waals surface area contributed by atoms with E-state index in [4.69, 9.17) is 0 Å². The van der Waals surface area contributed by atoms with Crippen LogP contribution in [0.5, 0.6) is 0 Å². The Morgan fingerprint density at radius 1 is 0.944 bits per heavy atom. The van der Waals surface area contributed by atoms with E-state index in [0.29, 0.717) is 0 Å². The lowest BCUT2D eigenvalue weighted by Crippen LogP contribution is -2.10. The summed E-state index contributed by atoms with van der Waals surface area (Å²) in [5.41, 5.74) is 7.89. The molecule has 0 atom stereocenters. The van der Waals surface area contributed by atoms with Gasteiger partial charge in [-0.15, -0.1) is 11.3 Å². The fourth-order valence-corrected chi connectivity index (χ4v) is 5.44. The van der Waals surface area contributed by atoms with Crippen molar-refractivity contribution < 1.29 is 4.79 Å². The second kappa shape index (κ2) is 8.82. The molecule has 5 heterocycles. The van der Waals surface area contributed by atoms with Gasteiger partial charge >= 0.3 is 0 Å². The maximum Gasteiger partial charge on any atom is 0.169 e. The molecule has 8 heteroatoms. The number of fused-ring (bicyclic) bond motifs is 2. The van der Waals surface area contributed by atoms with Gasteiger partial charge in [-0.25, -0.2) is 0 Å². The molecular weight excluding hydrogens is 468 g/mol. The van der Waals surface area contributed by atoms with E-state index < -0.39 is 0 Å². The molecule has 6 rings (SSSR count). The first-order valence-corrected chi connectivity index (χ1v) is 12.4. The molecule has 36 heavy (non-hydrogen) atoms. The summed E-state index contributed by atoms with van der Waals surface area (Å²) >= 11 is 1.47. The third kappa shape index (κ3) is 4.00. The van der Waals surface area contributed by atoms with Crippen LogP contribution in [0.15, 0.2) is 67.1 Å². The van der Waals surface area contributed by atoms with Gasteiger partial charge in [-0.05, 0) is 74.6 Å². The fraction of sp³-hybridized carbons (Fsp3) is 0.143. The lowest BCUT2D eigenvalue weighted by atomic mass is 10.0. The van der Waals surface area contributed by atoms with Crippen molar-refractivity contribution in [3.63, 3.8) is 0 Å². The number of aromatic amines is 2. The van der Waals surface area contributed by atoms with Crippen molar-refractivity contribution in [3.05, 3.63) is 77.6 Å². The van der Waals surface area contributed by atoms with E-state index in [0.717, 1.165) is 66.3 Å². The number of hydrogen-bond donors (Lipinski definition) is 2. The lowest BCUT2D eigenvalue weighted by molar-refractivity contribution is 0.102. The highest BCUT2D eigenvalue weighted by molar-refractivity contribution is 7.17. The normalized spacial score (nSPS) is 11.7. The number of aromatic nitrogens is 5. The SMILES string of the molecule is CC(=O)c1ccc(-c2nccc3[nH]c(-c4n[nH]c5ccc(-c6cncc(CN(C)C)c6)cc45)cc23)s1. The van der Waals surface area contributed by atoms with Crippen LogP contribution in [-0.4, -0.2) is 49.9 Å². The first kappa shape index (κ1) is 22.3. The van der Waals surface area contributed by atoms with Crippen LogP contribution in [0, 0.1) is 0 Å². The molecule has 178 valence electrons. The Kier molecular flexibility index (Phi) is 5.47. The Balaban J connectivity index is 1.43. The predicted octanol–water partition coefficient (Wildman–Crippen LogP) is 6.16. The van der Waals surface area contributed by atoms with E-state index in [9.17, 15) is 4.79 Å². The number of carbonyl (C=O) groups excluding carboxylic acids is 1. The van der Waals surface area contributed by atoms with Crippen molar-refractivity contribution >= 4 is 38.9 Å². The molecule has 0 aliphatic carbocycles. The molecule has 0 amide bonds. The number of nitrogens with one attached hydrogen (secondary N) is 2. The number of nitrogens with zero attached hydrogens (tertiary/aromatic N) is 4. The van der Waals surface area contributed by atoms with E-state index >= 15 is 0 Å². The first-order chi connectivity index (χ1) is 17.5. The van der Waals surface area contributed by atoms with Gasteiger partial charge in [-0.2, -0.15) is 5.10 Å². The zero-order valence-electron chi connectivity index (χ0n) is 20.2. The lowest BCUT2D eigenvalue weighted by Gasteiger charge is -2.10. The Hall–Kier alpha value is -4.14. The van der Waals surface area contributed by atoms with Crippen molar-refractivity contribution in [1.29, 1.82) is 0 Å². The van der Waals surface area contributed by atoms with E-state index in [2.05, 4.69) is 74.5 Å². The van der Waals surface area contributed by atoms with Crippen LogP contribution >= 0.6 is 11.3 Å². The van der Waals surface area contributed by atoms with Crippen molar-refractivity contribution in [3.8, 4) is 33.1 Å². The van der Waals surface area contributed by atoms with E-state index in [-0.39, 0.29) is 5.78 Å². The van der Waals surface area contributed by atoms with Crippen molar-refractivity contribution in [2.45, 2.75) is 13.5 Å². The molecule has 0 aliphatic rings. The van der Waals surface area contributed by atoms with Crippen molar-refractivity contribution in [2.24, 2.45) is 0 Å². The predicted molar refractivity (Wildman–Crippen MR) is 145 cm³/mol. The molecule has 0 saturated heterocycles. The summed E-state index contributed by atoms with van der Waals surface area (Å²) in [4.78, 5) is 28.2. The molecule has 0 saturated carbocycles. The highest BCUT2D eigenvalue weighted by atomic mass is 32.1. The number of hydrogen-bond acceptors (Lipinski definition) is 6. The summed E-state index contributed by atoms with van der Waals surface area (Å²) in [6.45, 7) is 2.42. The zero-order chi connectivity index (χ0) is 24.8. The molecule has 6 aromatic rings. The van der Waals surface area contributed by atoms with E-state index in [1.807, 2.05) is 30.6 Å². The zero-order valence-corrected chi connectivity index (χ0v) is 21.0. The van der Waals surface area contributed by atoms with Gasteiger partial charge in [-0.1, -0.05) is 6.07 Å². The van der Waals surface area contributed by atoms with Gasteiger partial charge in [0.25, 0.3) is 0 Å². The maximum absolute atomic E-state index is 11.8. The quantitative estimate of drug-likeness (QED) is 0.272. The largest absolute Gasteiger partial charge is 0.353 e. The fourth-order valence-electron chi connectivity index (χ4n) is 4.53. The van der Waals surface area contributed by atoms with Gasteiger partial charge in [0, 0.05) is 47.0 Å². The topological polar surface area (TPSA) is 90.6 Å². The van der Waals surface area contributed by atoms with Crippen LogP contribution in [-0.2, 0) is 6.54 Å². The minimum absolute atomic E-state index is 0.0643. The Morgan fingerprint density at radius 2 is 1.81 bits per heavy atom. The number of H-pyrrole nitrogens is 2. The molecule has 2 N–H and O–H groups in total. The monoisotopic (exact) mass is 492 g/mol. The number of pyridine rings is 2. The molecule has 0 aliphatic heterocycles. The van der Waals surface area contributed by atoms with Gasteiger partial charge in [0.2, 0.25) is 0 Å². The number of thiophene rings is 1. The maximum atomic E-state index is 11.8. The summed E-state index contributed by atoms with van der Waals surface area (Å²) < 4.78 is 0. The van der Waals surface area contributed by atoms with Gasteiger partial charge in [-0.3, -0.25) is 19.9 Å². The summed E-state index contributed by atoms with van der Waals surface area (Å²) in [6, 6.07) is 16.4. The number of ketones is 1. The molecule has 0 fully saturated rings. The minimum Gasteiger partial charge on any atom is -0.353 e. The Labute approximate surface area is 211 Å². The van der Waals surface area contributed by atoms with Gasteiger partial charge < -0.3 is 9.88 Å². The second-order valence-corrected chi connectivity index (χ2v) is 10.3. The van der Waals surface area contributed by atoms with Crippen molar-refractivity contribution in [1.82, 2.24) is 30.0 Å². The number of carbonyl (C=O) groups is 1. The van der Waals surface area contributed by atoms with Crippen LogP contribution in [0.1, 0.15) is 22.2 Å². The second-order valence-electron chi connectivity index (χ2n) is 9.18. The van der Waals surface area contributed by atoms with Crippen LogP contribution in [0.2, 0.25) is 0 Å². The highest BCUT2D eigenvalue weighted by Gasteiger charge is 2.16. The van der Waals surface area contributed by atoms with Crippen LogP contribution < -0.4 is 0 Å². The Morgan fingerprint density at radius 3 is 2.61 bits per heavy atom. The standard InChI is InChI=1S/C28H24N6OS/c1-16(35)25-6-7-26(36-25)28-21-12-24(31-22(21)8-9-30-28)27-20-11-18(4-5-23(20)32-33-27)19-10-17(13-29-14-19)15-34(2)3/h4-14,31H,15H2,1-3H3,(H,32,33). The van der Waals surface area contributed by atoms with Gasteiger partial charge in [0.1, 0.15) is 5.69 Å². The molecule has 7 nitrogen and oxygen atoms in total. The Bertz CT molecular complexity index is 1740. The van der Waals surface area contributed by atoms with E-state index in [1.54, 1.807) is 13.1 Å². The molecule has 0 bridgehead atoms. The smallest absolute Gasteiger partial charge is 0.169 e. The van der Waals surface area contributed by atoms with Crippen molar-refractivity contribution in [2.75, 3.05) is 14.1 Å². The molecular formula is C28H24N6OS. The summed E-state index contributed by atoms with van der Waals surface area (Å²) in [7, 11) is 4.11. The highest BCUT2D eigenvalue weighted by Crippen LogP contribution is 2.36. The molecule has 0 spiro atoms. The molecule has 5 aromatic heterocycles. The third-order valence-corrected chi connectivity index (χ3v) is 7.37. The average molecular weight is 493 g/mol. The third-order valence-electron chi connectivity index (χ3n) is 6.18.